The molecule has 1 nitrogen and oxygen atoms in total. The van der Waals surface area contributed by atoms with Gasteiger partial charge in [-0.05, 0) is 35.9 Å². The Balaban J connectivity index is 2.50. The van der Waals surface area contributed by atoms with Gasteiger partial charge in [-0.15, -0.1) is 0 Å². The maximum Gasteiger partial charge on any atom is 0.0135 e. The number of hydrogen-bond donors (Lipinski definition) is 1. The van der Waals surface area contributed by atoms with E-state index in [1.54, 1.807) is 0 Å². The Hall–Kier alpha value is -1.60. The highest BCUT2D eigenvalue weighted by molar-refractivity contribution is 5.92. The zero-order chi connectivity index (χ0) is 11.4. The van der Waals surface area contributed by atoms with Crippen LogP contribution in [-0.4, -0.2) is 13.6 Å². The lowest BCUT2D eigenvalue weighted by Gasteiger charge is -2.05. The van der Waals surface area contributed by atoms with Crippen LogP contribution in [0.1, 0.15) is 11.1 Å². The first-order valence-electron chi connectivity index (χ1n) is 5.62. The van der Waals surface area contributed by atoms with E-state index in [0.29, 0.717) is 0 Å². The number of benzene rings is 2. The van der Waals surface area contributed by atoms with Gasteiger partial charge in [-0.1, -0.05) is 48.6 Å². The molecule has 0 bridgehead atoms. The van der Waals surface area contributed by atoms with Gasteiger partial charge in [-0.3, -0.25) is 0 Å². The Morgan fingerprint density at radius 3 is 2.56 bits per heavy atom. The van der Waals surface area contributed by atoms with Gasteiger partial charge in [0.05, 0.1) is 0 Å². The van der Waals surface area contributed by atoms with Crippen LogP contribution in [0.15, 0.2) is 42.5 Å². The first-order valence-corrected chi connectivity index (χ1v) is 5.62. The minimum Gasteiger partial charge on any atom is -0.316 e. The van der Waals surface area contributed by atoms with Crippen molar-refractivity contribution in [2.45, 2.75) is 6.92 Å². The Labute approximate surface area is 96.8 Å². The molecule has 0 unspecified atom stereocenters. The van der Waals surface area contributed by atoms with E-state index in [2.05, 4.69) is 60.8 Å². The average molecular weight is 211 g/mol. The molecule has 1 N–H and O–H groups in total. The molecule has 0 saturated heterocycles. The Morgan fingerprint density at radius 1 is 1.06 bits per heavy atom. The van der Waals surface area contributed by atoms with Crippen molar-refractivity contribution in [3.05, 3.63) is 53.6 Å². The predicted octanol–water partition coefficient (Wildman–Crippen LogP) is 3.38. The number of fused-ring (bicyclic) bond motifs is 1. The van der Waals surface area contributed by atoms with Crippen molar-refractivity contribution in [1.82, 2.24) is 5.32 Å². The molecular weight excluding hydrogens is 194 g/mol. The van der Waals surface area contributed by atoms with Gasteiger partial charge in [0, 0.05) is 6.54 Å². The van der Waals surface area contributed by atoms with Crippen LogP contribution in [0.25, 0.3) is 16.8 Å². The van der Waals surface area contributed by atoms with Crippen molar-refractivity contribution in [2.75, 3.05) is 13.6 Å². The zero-order valence-electron chi connectivity index (χ0n) is 9.83. The quantitative estimate of drug-likeness (QED) is 0.820. The molecule has 0 atom stereocenters. The van der Waals surface area contributed by atoms with E-state index in [0.717, 1.165) is 6.54 Å². The summed E-state index contributed by atoms with van der Waals surface area (Å²) < 4.78 is 0. The SMILES string of the molecule is CNCC=Cc1ccc(C)c2ccccc12. The third kappa shape index (κ3) is 2.15. The summed E-state index contributed by atoms with van der Waals surface area (Å²) in [6, 6.07) is 12.9. The molecule has 0 fully saturated rings. The first-order chi connectivity index (χ1) is 7.83. The third-order valence-corrected chi connectivity index (χ3v) is 2.80. The van der Waals surface area contributed by atoms with Crippen molar-refractivity contribution in [2.24, 2.45) is 0 Å². The molecule has 0 heterocycles. The van der Waals surface area contributed by atoms with Crippen molar-refractivity contribution in [3.63, 3.8) is 0 Å². The number of likely N-dealkylation sites (N-methyl/N-ethyl adjacent to an activating group) is 1. The van der Waals surface area contributed by atoms with Crippen molar-refractivity contribution in [1.29, 1.82) is 0 Å². The monoisotopic (exact) mass is 211 g/mol. The van der Waals surface area contributed by atoms with Crippen molar-refractivity contribution < 1.29 is 0 Å². The lowest BCUT2D eigenvalue weighted by Crippen LogP contribution is -2.03. The van der Waals surface area contributed by atoms with Gasteiger partial charge >= 0.3 is 0 Å². The number of rotatable bonds is 3. The molecule has 0 amide bonds. The predicted molar refractivity (Wildman–Crippen MR) is 71.6 cm³/mol. The molecule has 0 aliphatic heterocycles. The second kappa shape index (κ2) is 4.95. The van der Waals surface area contributed by atoms with Crippen LogP contribution in [-0.2, 0) is 0 Å². The van der Waals surface area contributed by atoms with E-state index in [4.69, 9.17) is 0 Å². The maximum absolute atomic E-state index is 3.11. The fourth-order valence-corrected chi connectivity index (χ4v) is 1.92. The Kier molecular flexibility index (Phi) is 3.37. The van der Waals surface area contributed by atoms with Crippen LogP contribution >= 0.6 is 0 Å². The molecule has 16 heavy (non-hydrogen) atoms. The van der Waals surface area contributed by atoms with Crippen molar-refractivity contribution in [3.8, 4) is 0 Å². The molecule has 0 saturated carbocycles. The summed E-state index contributed by atoms with van der Waals surface area (Å²) in [5.41, 5.74) is 2.62. The van der Waals surface area contributed by atoms with E-state index >= 15 is 0 Å². The molecule has 82 valence electrons. The van der Waals surface area contributed by atoms with Gasteiger partial charge < -0.3 is 5.32 Å². The normalized spacial score (nSPS) is 11.4. The summed E-state index contributed by atoms with van der Waals surface area (Å²) in [6.45, 7) is 3.06. The first kappa shape index (κ1) is 10.9. The van der Waals surface area contributed by atoms with Gasteiger partial charge in [0.1, 0.15) is 0 Å². The number of nitrogens with one attached hydrogen (secondary N) is 1. The third-order valence-electron chi connectivity index (χ3n) is 2.80. The number of hydrogen-bond acceptors (Lipinski definition) is 1. The van der Waals surface area contributed by atoms with Crippen LogP contribution in [0, 0.1) is 6.92 Å². The summed E-state index contributed by atoms with van der Waals surface area (Å²) in [6.07, 6.45) is 4.33. The van der Waals surface area contributed by atoms with E-state index < -0.39 is 0 Å². The highest BCUT2D eigenvalue weighted by Crippen LogP contribution is 2.23. The molecule has 2 aromatic rings. The average Bonchev–Trinajstić information content (AvgIpc) is 2.33. The maximum atomic E-state index is 3.11. The second-order valence-electron chi connectivity index (χ2n) is 3.98. The Morgan fingerprint density at radius 2 is 1.81 bits per heavy atom. The van der Waals surface area contributed by atoms with E-state index in [1.165, 1.54) is 21.9 Å². The summed E-state index contributed by atoms with van der Waals surface area (Å²) in [7, 11) is 1.96. The van der Waals surface area contributed by atoms with Crippen LogP contribution in [0.2, 0.25) is 0 Å². The molecule has 0 aliphatic rings. The molecule has 0 spiro atoms. The van der Waals surface area contributed by atoms with Gasteiger partial charge in [-0.2, -0.15) is 0 Å². The molecule has 2 aromatic carbocycles. The second-order valence-corrected chi connectivity index (χ2v) is 3.98. The minimum absolute atomic E-state index is 0.905. The largest absolute Gasteiger partial charge is 0.316 e. The van der Waals surface area contributed by atoms with Gasteiger partial charge in [0.2, 0.25) is 0 Å². The fraction of sp³-hybridized carbons (Fsp3) is 0.200. The smallest absolute Gasteiger partial charge is 0.0135 e. The molecule has 1 heteroatoms. The Bertz CT molecular complexity index is 512. The highest BCUT2D eigenvalue weighted by Gasteiger charge is 1.99. The topological polar surface area (TPSA) is 12.0 Å². The van der Waals surface area contributed by atoms with Gasteiger partial charge in [0.25, 0.3) is 0 Å². The lowest BCUT2D eigenvalue weighted by molar-refractivity contribution is 0.922. The van der Waals surface area contributed by atoms with E-state index in [9.17, 15) is 0 Å². The minimum atomic E-state index is 0.905. The zero-order valence-corrected chi connectivity index (χ0v) is 9.83. The van der Waals surface area contributed by atoms with Crippen LogP contribution in [0.5, 0.6) is 0 Å². The van der Waals surface area contributed by atoms with Crippen LogP contribution in [0.4, 0.5) is 0 Å². The van der Waals surface area contributed by atoms with Crippen LogP contribution < -0.4 is 5.32 Å². The lowest BCUT2D eigenvalue weighted by atomic mass is 10.00. The molecule has 0 aliphatic carbocycles. The molecule has 0 aromatic heterocycles. The van der Waals surface area contributed by atoms with E-state index in [-0.39, 0.29) is 0 Å². The molecular formula is C15H17N. The van der Waals surface area contributed by atoms with Crippen LogP contribution in [0.3, 0.4) is 0 Å². The standard InChI is InChI=1S/C15H17N/c1-12-9-10-13(6-5-11-16-2)15-8-4-3-7-14(12)15/h3-10,16H,11H2,1-2H3. The number of aryl methyl sites for hydroxylation is 1. The van der Waals surface area contributed by atoms with Gasteiger partial charge in [0.15, 0.2) is 0 Å². The van der Waals surface area contributed by atoms with Crippen molar-refractivity contribution >= 4 is 16.8 Å². The summed E-state index contributed by atoms with van der Waals surface area (Å²) in [5, 5.41) is 5.78. The summed E-state index contributed by atoms with van der Waals surface area (Å²) in [4.78, 5) is 0. The summed E-state index contributed by atoms with van der Waals surface area (Å²) >= 11 is 0. The molecule has 2 rings (SSSR count). The van der Waals surface area contributed by atoms with E-state index in [1.807, 2.05) is 7.05 Å². The van der Waals surface area contributed by atoms with Gasteiger partial charge in [-0.25, -0.2) is 0 Å². The summed E-state index contributed by atoms with van der Waals surface area (Å²) in [5.74, 6) is 0. The fourth-order valence-electron chi connectivity index (χ4n) is 1.92. The molecule has 0 radical (unpaired) electrons. The highest BCUT2D eigenvalue weighted by atomic mass is 14.8.